The molecule has 0 spiro atoms. The number of rotatable bonds is 6. The van der Waals surface area contributed by atoms with E-state index in [-0.39, 0.29) is 12.2 Å². The zero-order valence-corrected chi connectivity index (χ0v) is 11.4. The van der Waals surface area contributed by atoms with Gasteiger partial charge in [-0.3, -0.25) is 4.79 Å². The molecule has 0 aromatic heterocycles. The molecule has 1 aromatic rings. The summed E-state index contributed by atoms with van der Waals surface area (Å²) in [5, 5.41) is 0. The van der Waals surface area contributed by atoms with E-state index in [0.29, 0.717) is 6.61 Å². The van der Waals surface area contributed by atoms with Gasteiger partial charge in [0.25, 0.3) is 5.78 Å². The first-order chi connectivity index (χ1) is 9.58. The Balaban J connectivity index is 2.71. The highest BCUT2D eigenvalue weighted by Crippen LogP contribution is 2.08. The molecule has 5 heteroatoms. The van der Waals surface area contributed by atoms with Crippen molar-refractivity contribution in [2.45, 2.75) is 13.8 Å². The molecule has 1 rings (SSSR count). The average molecular weight is 276 g/mol. The predicted molar refractivity (Wildman–Crippen MR) is 73.1 cm³/mol. The second kappa shape index (κ2) is 7.89. The Labute approximate surface area is 117 Å². The highest BCUT2D eigenvalue weighted by Gasteiger charge is 2.16. The number of Topliss-reactive ketones (excluding diaryl/α,β-unsaturated/α-hetero) is 1. The molecule has 0 unspecified atom stereocenters. The number of carbonyl (C=O) groups is 3. The van der Waals surface area contributed by atoms with Crippen molar-refractivity contribution in [1.29, 1.82) is 0 Å². The zero-order valence-electron chi connectivity index (χ0n) is 11.4. The molecule has 5 nitrogen and oxygen atoms in total. The maximum absolute atomic E-state index is 11.6. The van der Waals surface area contributed by atoms with E-state index in [1.807, 2.05) is 0 Å². The summed E-state index contributed by atoms with van der Waals surface area (Å²) in [6.07, 6.45) is 2.86. The molecule has 20 heavy (non-hydrogen) atoms. The molecule has 0 saturated heterocycles. The van der Waals surface area contributed by atoms with Crippen LogP contribution in [0.25, 0.3) is 6.08 Å². The molecule has 0 saturated carbocycles. The fourth-order valence-corrected chi connectivity index (χ4v) is 1.41. The summed E-state index contributed by atoms with van der Waals surface area (Å²) in [4.78, 5) is 34.0. The largest absolute Gasteiger partial charge is 0.463 e. The Bertz CT molecular complexity index is 514. The van der Waals surface area contributed by atoms with Crippen LogP contribution in [0.15, 0.2) is 30.3 Å². The lowest BCUT2D eigenvalue weighted by atomic mass is 10.1. The van der Waals surface area contributed by atoms with Crippen molar-refractivity contribution in [2.75, 3.05) is 13.2 Å². The molecule has 0 aliphatic carbocycles. The number of esters is 2. The summed E-state index contributed by atoms with van der Waals surface area (Å²) in [6.45, 7) is 3.83. The maximum atomic E-state index is 11.6. The third kappa shape index (κ3) is 4.68. The molecule has 0 fully saturated rings. The molecule has 0 heterocycles. The fourth-order valence-electron chi connectivity index (χ4n) is 1.41. The third-order valence-electron chi connectivity index (χ3n) is 2.33. The highest BCUT2D eigenvalue weighted by molar-refractivity contribution is 6.40. The van der Waals surface area contributed by atoms with Crippen LogP contribution in [0.4, 0.5) is 0 Å². The van der Waals surface area contributed by atoms with E-state index in [4.69, 9.17) is 4.74 Å². The van der Waals surface area contributed by atoms with E-state index in [1.54, 1.807) is 32.1 Å². The normalized spacial score (nSPS) is 10.3. The Morgan fingerprint density at radius 3 is 2.15 bits per heavy atom. The first-order valence-corrected chi connectivity index (χ1v) is 6.24. The van der Waals surface area contributed by atoms with Crippen molar-refractivity contribution in [3.8, 4) is 0 Å². The Hall–Kier alpha value is -2.43. The van der Waals surface area contributed by atoms with Gasteiger partial charge in [-0.15, -0.1) is 0 Å². The quantitative estimate of drug-likeness (QED) is 0.344. The van der Waals surface area contributed by atoms with Gasteiger partial charge >= 0.3 is 11.9 Å². The molecular weight excluding hydrogens is 260 g/mol. The van der Waals surface area contributed by atoms with Crippen molar-refractivity contribution < 1.29 is 23.9 Å². The van der Waals surface area contributed by atoms with Crippen LogP contribution in [-0.4, -0.2) is 30.9 Å². The Kier molecular flexibility index (Phi) is 6.16. The number of ether oxygens (including phenoxy) is 2. The van der Waals surface area contributed by atoms with Gasteiger partial charge < -0.3 is 9.47 Å². The zero-order chi connectivity index (χ0) is 15.0. The van der Waals surface area contributed by atoms with E-state index < -0.39 is 17.7 Å². The molecule has 0 aliphatic rings. The predicted octanol–water partition coefficient (Wildman–Crippen LogP) is 2.01. The van der Waals surface area contributed by atoms with Crippen molar-refractivity contribution >= 4 is 23.8 Å². The number of hydrogen-bond donors (Lipinski definition) is 0. The van der Waals surface area contributed by atoms with Crippen LogP contribution < -0.4 is 0 Å². The van der Waals surface area contributed by atoms with Crippen LogP contribution in [0.5, 0.6) is 0 Å². The van der Waals surface area contributed by atoms with Gasteiger partial charge in [-0.25, -0.2) is 9.59 Å². The van der Waals surface area contributed by atoms with Crippen molar-refractivity contribution in [3.05, 3.63) is 41.5 Å². The van der Waals surface area contributed by atoms with Gasteiger partial charge in [-0.1, -0.05) is 24.3 Å². The van der Waals surface area contributed by atoms with E-state index in [1.165, 1.54) is 18.2 Å². The van der Waals surface area contributed by atoms with Crippen molar-refractivity contribution in [1.82, 2.24) is 0 Å². The van der Waals surface area contributed by atoms with Crippen LogP contribution >= 0.6 is 0 Å². The first-order valence-electron chi connectivity index (χ1n) is 6.24. The molecule has 0 bridgehead atoms. The lowest BCUT2D eigenvalue weighted by molar-refractivity contribution is -0.138. The second-order valence-electron chi connectivity index (χ2n) is 3.76. The summed E-state index contributed by atoms with van der Waals surface area (Å²) in [5.74, 6) is -1.99. The smallest absolute Gasteiger partial charge is 0.379 e. The van der Waals surface area contributed by atoms with Gasteiger partial charge in [0.05, 0.1) is 13.2 Å². The average Bonchev–Trinajstić information content (AvgIpc) is 2.45. The summed E-state index contributed by atoms with van der Waals surface area (Å²) < 4.78 is 9.37. The number of hydrogen-bond acceptors (Lipinski definition) is 5. The van der Waals surface area contributed by atoms with Crippen LogP contribution in [0.2, 0.25) is 0 Å². The summed E-state index contributed by atoms with van der Waals surface area (Å²) in [7, 11) is 0. The summed E-state index contributed by atoms with van der Waals surface area (Å²) in [5.41, 5.74) is 0.968. The molecule has 1 aromatic carbocycles. The minimum Gasteiger partial charge on any atom is -0.463 e. The molecule has 0 atom stereocenters. The minimum atomic E-state index is -0.873. The van der Waals surface area contributed by atoms with Crippen molar-refractivity contribution in [2.24, 2.45) is 0 Å². The van der Waals surface area contributed by atoms with Gasteiger partial charge in [0.2, 0.25) is 0 Å². The van der Waals surface area contributed by atoms with Crippen LogP contribution in [0, 0.1) is 0 Å². The highest BCUT2D eigenvalue weighted by atomic mass is 16.5. The third-order valence-corrected chi connectivity index (χ3v) is 2.33. The van der Waals surface area contributed by atoms with E-state index in [0.717, 1.165) is 5.56 Å². The van der Waals surface area contributed by atoms with Crippen LogP contribution in [0.3, 0.4) is 0 Å². The van der Waals surface area contributed by atoms with Crippen LogP contribution in [-0.2, 0) is 19.1 Å². The Morgan fingerprint density at radius 1 is 1.00 bits per heavy atom. The van der Waals surface area contributed by atoms with E-state index >= 15 is 0 Å². The van der Waals surface area contributed by atoms with Gasteiger partial charge in [-0.2, -0.15) is 0 Å². The van der Waals surface area contributed by atoms with Gasteiger partial charge in [0.15, 0.2) is 0 Å². The van der Waals surface area contributed by atoms with Crippen molar-refractivity contribution in [3.63, 3.8) is 0 Å². The SMILES string of the molecule is CCOC(=O)C=Cc1ccc(C(=O)C(=O)OCC)cc1. The lowest BCUT2D eigenvalue weighted by Crippen LogP contribution is -2.17. The first kappa shape index (κ1) is 15.6. The summed E-state index contributed by atoms with van der Waals surface area (Å²) >= 11 is 0. The Morgan fingerprint density at radius 2 is 1.60 bits per heavy atom. The molecule has 0 N–H and O–H groups in total. The molecular formula is C15H16O5. The topological polar surface area (TPSA) is 69.7 Å². The number of benzene rings is 1. The molecule has 0 aliphatic heterocycles. The minimum absolute atomic E-state index is 0.158. The molecule has 0 amide bonds. The van der Waals surface area contributed by atoms with Gasteiger partial charge in [0.1, 0.15) is 0 Å². The fraction of sp³-hybridized carbons (Fsp3) is 0.267. The molecule has 106 valence electrons. The number of carbonyl (C=O) groups excluding carboxylic acids is 3. The standard InChI is InChI=1S/C15H16O5/c1-3-19-13(16)10-7-11-5-8-12(9-6-11)14(17)15(18)20-4-2/h5-10H,3-4H2,1-2H3. The summed E-state index contributed by atoms with van der Waals surface area (Å²) in [6, 6.07) is 6.26. The van der Waals surface area contributed by atoms with Crippen LogP contribution in [0.1, 0.15) is 29.8 Å². The van der Waals surface area contributed by atoms with E-state index in [9.17, 15) is 14.4 Å². The number of ketones is 1. The van der Waals surface area contributed by atoms with Gasteiger partial charge in [-0.05, 0) is 25.5 Å². The lowest BCUT2D eigenvalue weighted by Gasteiger charge is -2.01. The van der Waals surface area contributed by atoms with Gasteiger partial charge in [0, 0.05) is 11.6 Å². The molecule has 0 radical (unpaired) electrons. The monoisotopic (exact) mass is 276 g/mol. The second-order valence-corrected chi connectivity index (χ2v) is 3.76. The maximum Gasteiger partial charge on any atom is 0.379 e. The van der Waals surface area contributed by atoms with E-state index in [2.05, 4.69) is 4.74 Å².